The maximum atomic E-state index is 11.3. The van der Waals surface area contributed by atoms with Crippen LogP contribution in [0.15, 0.2) is 47.0 Å². The summed E-state index contributed by atoms with van der Waals surface area (Å²) in [7, 11) is -0.155. The highest BCUT2D eigenvalue weighted by Crippen LogP contribution is 2.28. The summed E-state index contributed by atoms with van der Waals surface area (Å²) in [6, 6.07) is 12.3. The van der Waals surface area contributed by atoms with Gasteiger partial charge in [-0.1, -0.05) is 11.2 Å². The van der Waals surface area contributed by atoms with Gasteiger partial charge in [0.2, 0.25) is 21.7 Å². The lowest BCUT2D eigenvalue weighted by Gasteiger charge is -2.08. The van der Waals surface area contributed by atoms with Gasteiger partial charge in [0.1, 0.15) is 0 Å². The minimum atomic E-state index is -3.31. The van der Waals surface area contributed by atoms with E-state index in [4.69, 9.17) is 14.0 Å². The second kappa shape index (κ2) is 7.67. The molecule has 0 saturated heterocycles. The molecule has 0 fully saturated rings. The predicted octanol–water partition coefficient (Wildman–Crippen LogP) is 2.72. The third kappa shape index (κ3) is 4.76. The number of sulfonamides is 1. The summed E-state index contributed by atoms with van der Waals surface area (Å²) in [5.41, 5.74) is 2.13. The first-order valence-electron chi connectivity index (χ1n) is 7.99. The van der Waals surface area contributed by atoms with Crippen molar-refractivity contribution in [3.05, 3.63) is 53.9 Å². The molecule has 8 nitrogen and oxygen atoms in total. The van der Waals surface area contributed by atoms with Crippen LogP contribution >= 0.6 is 0 Å². The maximum Gasteiger partial charge on any atom is 0.231 e. The summed E-state index contributed by atoms with van der Waals surface area (Å²) in [4.78, 5) is 4.39. The van der Waals surface area contributed by atoms with Gasteiger partial charge in [0, 0.05) is 11.3 Å². The third-order valence-electron chi connectivity index (χ3n) is 3.72. The van der Waals surface area contributed by atoms with Crippen LogP contribution in [-0.2, 0) is 16.4 Å². The molecule has 0 aliphatic rings. The molecule has 0 amide bonds. The number of hydrogen-bond acceptors (Lipinski definition) is 7. The summed E-state index contributed by atoms with van der Waals surface area (Å²) in [5.74, 6) is 2.16. The second-order valence-electron chi connectivity index (χ2n) is 5.83. The van der Waals surface area contributed by atoms with E-state index in [-0.39, 0.29) is 0 Å². The number of rotatable bonds is 7. The molecule has 0 aliphatic heterocycles. The van der Waals surface area contributed by atoms with Crippen molar-refractivity contribution in [1.82, 2.24) is 10.1 Å². The number of ether oxygens (including phenoxy) is 2. The number of anilines is 1. The SMILES string of the molecule is COc1ccc(Cc2nc(-c3ccc(NS(C)(=O)=O)cc3)no2)cc1OC. The number of aromatic nitrogens is 2. The Morgan fingerprint density at radius 1 is 1.04 bits per heavy atom. The topological polar surface area (TPSA) is 104 Å². The van der Waals surface area contributed by atoms with Gasteiger partial charge in [-0.2, -0.15) is 4.98 Å². The lowest BCUT2D eigenvalue weighted by atomic mass is 10.1. The lowest BCUT2D eigenvalue weighted by molar-refractivity contribution is 0.354. The molecule has 1 aromatic heterocycles. The minimum Gasteiger partial charge on any atom is -0.493 e. The zero-order valence-corrected chi connectivity index (χ0v) is 15.9. The van der Waals surface area contributed by atoms with E-state index in [2.05, 4.69) is 14.9 Å². The highest BCUT2D eigenvalue weighted by atomic mass is 32.2. The lowest BCUT2D eigenvalue weighted by Crippen LogP contribution is -2.09. The van der Waals surface area contributed by atoms with Crippen LogP contribution in [0.5, 0.6) is 11.5 Å². The van der Waals surface area contributed by atoms with Crippen LogP contribution in [0, 0.1) is 0 Å². The molecule has 0 bridgehead atoms. The molecule has 0 aliphatic carbocycles. The molecule has 27 heavy (non-hydrogen) atoms. The fraction of sp³-hybridized carbons (Fsp3) is 0.222. The molecule has 9 heteroatoms. The van der Waals surface area contributed by atoms with Crippen LogP contribution in [0.1, 0.15) is 11.5 Å². The highest BCUT2D eigenvalue weighted by molar-refractivity contribution is 7.92. The first kappa shape index (κ1) is 18.7. The van der Waals surface area contributed by atoms with Crippen molar-refractivity contribution in [2.24, 2.45) is 0 Å². The maximum absolute atomic E-state index is 11.3. The Labute approximate surface area is 157 Å². The van der Waals surface area contributed by atoms with Crippen molar-refractivity contribution in [2.75, 3.05) is 25.2 Å². The van der Waals surface area contributed by atoms with Gasteiger partial charge in [0.25, 0.3) is 0 Å². The number of nitrogens with zero attached hydrogens (tertiary/aromatic N) is 2. The Bertz CT molecular complexity index is 1030. The molecular formula is C18H19N3O5S. The van der Waals surface area contributed by atoms with Crippen molar-refractivity contribution in [1.29, 1.82) is 0 Å². The second-order valence-corrected chi connectivity index (χ2v) is 7.58. The molecule has 2 aromatic carbocycles. The summed E-state index contributed by atoms with van der Waals surface area (Å²) in [6.07, 6.45) is 1.54. The summed E-state index contributed by atoms with van der Waals surface area (Å²) in [5, 5.41) is 3.98. The molecule has 0 atom stereocenters. The smallest absolute Gasteiger partial charge is 0.231 e. The normalized spacial score (nSPS) is 11.2. The Hall–Kier alpha value is -3.07. The van der Waals surface area contributed by atoms with E-state index in [9.17, 15) is 8.42 Å². The van der Waals surface area contributed by atoms with Gasteiger partial charge in [-0.25, -0.2) is 8.42 Å². The molecule has 0 unspecified atom stereocenters. The quantitative estimate of drug-likeness (QED) is 0.662. The zero-order chi connectivity index (χ0) is 19.4. The van der Waals surface area contributed by atoms with Crippen LogP contribution < -0.4 is 14.2 Å². The molecular weight excluding hydrogens is 370 g/mol. The molecule has 1 heterocycles. The van der Waals surface area contributed by atoms with Crippen molar-refractivity contribution in [3.63, 3.8) is 0 Å². The van der Waals surface area contributed by atoms with E-state index in [0.29, 0.717) is 35.3 Å². The number of nitrogens with one attached hydrogen (secondary N) is 1. The van der Waals surface area contributed by atoms with E-state index < -0.39 is 10.0 Å². The van der Waals surface area contributed by atoms with Gasteiger partial charge in [0.05, 0.1) is 26.9 Å². The Kier molecular flexibility index (Phi) is 5.31. The van der Waals surface area contributed by atoms with Gasteiger partial charge in [-0.05, 0) is 42.0 Å². The number of benzene rings is 2. The van der Waals surface area contributed by atoms with Crippen LogP contribution in [0.4, 0.5) is 5.69 Å². The van der Waals surface area contributed by atoms with Gasteiger partial charge in [-0.3, -0.25) is 4.72 Å². The van der Waals surface area contributed by atoms with Crippen molar-refractivity contribution < 1.29 is 22.4 Å². The largest absolute Gasteiger partial charge is 0.493 e. The van der Waals surface area contributed by atoms with Crippen LogP contribution in [0.2, 0.25) is 0 Å². The van der Waals surface area contributed by atoms with Gasteiger partial charge in [-0.15, -0.1) is 0 Å². The van der Waals surface area contributed by atoms with Crippen LogP contribution in [0.3, 0.4) is 0 Å². The summed E-state index contributed by atoms with van der Waals surface area (Å²) >= 11 is 0. The molecule has 0 saturated carbocycles. The minimum absolute atomic E-state index is 0.427. The molecule has 3 aromatic rings. The fourth-order valence-corrected chi connectivity index (χ4v) is 3.07. The molecule has 3 rings (SSSR count). The predicted molar refractivity (Wildman–Crippen MR) is 101 cm³/mol. The average molecular weight is 389 g/mol. The first-order valence-corrected chi connectivity index (χ1v) is 9.89. The summed E-state index contributed by atoms with van der Waals surface area (Å²) < 4.78 is 40.7. The van der Waals surface area contributed by atoms with E-state index >= 15 is 0 Å². The van der Waals surface area contributed by atoms with Crippen molar-refractivity contribution in [2.45, 2.75) is 6.42 Å². The van der Waals surface area contributed by atoms with Crippen molar-refractivity contribution in [3.8, 4) is 22.9 Å². The Morgan fingerprint density at radius 3 is 2.37 bits per heavy atom. The number of methoxy groups -OCH3 is 2. The zero-order valence-electron chi connectivity index (χ0n) is 15.1. The Balaban J connectivity index is 1.75. The van der Waals surface area contributed by atoms with E-state index in [1.54, 1.807) is 38.5 Å². The van der Waals surface area contributed by atoms with Crippen LogP contribution in [0.25, 0.3) is 11.4 Å². The molecule has 1 N–H and O–H groups in total. The van der Waals surface area contributed by atoms with Crippen molar-refractivity contribution >= 4 is 15.7 Å². The first-order chi connectivity index (χ1) is 12.9. The van der Waals surface area contributed by atoms with Gasteiger partial charge >= 0.3 is 0 Å². The highest BCUT2D eigenvalue weighted by Gasteiger charge is 2.12. The Morgan fingerprint density at radius 2 is 1.74 bits per heavy atom. The standard InChI is InChI=1S/C18H19N3O5S/c1-24-15-9-4-12(10-16(15)25-2)11-17-19-18(20-26-17)13-5-7-14(8-6-13)21-27(3,22)23/h4-10,21H,11H2,1-3H3. The monoisotopic (exact) mass is 389 g/mol. The fourth-order valence-electron chi connectivity index (χ4n) is 2.51. The van der Waals surface area contributed by atoms with Gasteiger partial charge < -0.3 is 14.0 Å². The molecule has 0 radical (unpaired) electrons. The third-order valence-corrected chi connectivity index (χ3v) is 4.32. The van der Waals surface area contributed by atoms with Gasteiger partial charge in [0.15, 0.2) is 11.5 Å². The number of hydrogen-bond donors (Lipinski definition) is 1. The molecule has 0 spiro atoms. The van der Waals surface area contributed by atoms with E-state index in [1.165, 1.54) is 0 Å². The van der Waals surface area contributed by atoms with E-state index in [1.807, 2.05) is 18.2 Å². The molecule has 142 valence electrons. The van der Waals surface area contributed by atoms with Crippen LogP contribution in [-0.4, -0.2) is 39.0 Å². The van der Waals surface area contributed by atoms with E-state index in [0.717, 1.165) is 17.4 Å². The average Bonchev–Trinajstić information content (AvgIpc) is 3.09. The summed E-state index contributed by atoms with van der Waals surface area (Å²) in [6.45, 7) is 0.